The molecule has 0 saturated heterocycles. The Hall–Kier alpha value is -3.44. The van der Waals surface area contributed by atoms with Crippen molar-refractivity contribution in [1.29, 1.82) is 0 Å². The molecule has 1 aliphatic rings. The zero-order valence-electron chi connectivity index (χ0n) is 18.9. The first kappa shape index (κ1) is 27.2. The van der Waals surface area contributed by atoms with Gasteiger partial charge < -0.3 is 20.1 Å². The summed E-state index contributed by atoms with van der Waals surface area (Å²) in [6.07, 6.45) is -6.53. The minimum absolute atomic E-state index is 0.134. The van der Waals surface area contributed by atoms with Gasteiger partial charge in [0.1, 0.15) is 11.5 Å². The summed E-state index contributed by atoms with van der Waals surface area (Å²) >= 11 is 0. The molecule has 0 radical (unpaired) electrons. The summed E-state index contributed by atoms with van der Waals surface area (Å²) in [7, 11) is 0. The molecule has 1 saturated carbocycles. The van der Waals surface area contributed by atoms with Crippen LogP contribution < -0.4 is 20.1 Å². The number of hydrogen-bond donors (Lipinski definition) is 2. The SMILES string of the molecule is O=C(COc1ccc(C(F)(F)F)cc1)N[C@H]1CC[C@H](NC(=O)COc2ccc(C(F)(F)F)cc2)CC1. The summed E-state index contributed by atoms with van der Waals surface area (Å²) in [6.45, 7) is -0.688. The first-order valence-corrected chi connectivity index (χ1v) is 11.1. The third-order valence-electron chi connectivity index (χ3n) is 5.56. The van der Waals surface area contributed by atoms with Crippen molar-refractivity contribution in [3.63, 3.8) is 0 Å². The number of alkyl halides is 6. The van der Waals surface area contributed by atoms with E-state index < -0.39 is 35.3 Å². The van der Waals surface area contributed by atoms with Crippen LogP contribution in [0.1, 0.15) is 36.8 Å². The molecule has 0 spiro atoms. The summed E-state index contributed by atoms with van der Waals surface area (Å²) in [4.78, 5) is 24.2. The van der Waals surface area contributed by atoms with Gasteiger partial charge in [0.25, 0.3) is 11.8 Å². The molecule has 0 unspecified atom stereocenters. The largest absolute Gasteiger partial charge is 0.484 e. The summed E-state index contributed by atoms with van der Waals surface area (Å²) in [5, 5.41) is 5.60. The van der Waals surface area contributed by atoms with Crippen LogP contribution >= 0.6 is 0 Å². The van der Waals surface area contributed by atoms with Gasteiger partial charge in [-0.1, -0.05) is 0 Å². The number of carbonyl (C=O) groups is 2. The average molecular weight is 518 g/mol. The molecule has 36 heavy (non-hydrogen) atoms. The fourth-order valence-corrected chi connectivity index (χ4v) is 3.70. The Kier molecular flexibility index (Phi) is 8.70. The second-order valence-corrected chi connectivity index (χ2v) is 8.31. The Balaban J connectivity index is 1.32. The summed E-state index contributed by atoms with van der Waals surface area (Å²) < 4.78 is 85.9. The highest BCUT2D eigenvalue weighted by molar-refractivity contribution is 5.78. The monoisotopic (exact) mass is 518 g/mol. The lowest BCUT2D eigenvalue weighted by atomic mass is 9.91. The first-order chi connectivity index (χ1) is 16.9. The van der Waals surface area contributed by atoms with Gasteiger partial charge in [0.05, 0.1) is 11.1 Å². The number of rotatable bonds is 8. The van der Waals surface area contributed by atoms with Crippen LogP contribution in [-0.4, -0.2) is 37.1 Å². The molecule has 0 atom stereocenters. The second-order valence-electron chi connectivity index (χ2n) is 8.31. The van der Waals surface area contributed by atoms with Crippen molar-refractivity contribution >= 4 is 11.8 Å². The van der Waals surface area contributed by atoms with Gasteiger partial charge in [-0.2, -0.15) is 26.3 Å². The standard InChI is InChI=1S/C24H24F6N2O4/c25-23(26,27)15-1-9-19(10-2-15)35-13-21(33)31-17-5-7-18(8-6-17)32-22(34)14-36-20-11-3-16(4-12-20)24(28,29)30/h1-4,9-12,17-18H,5-8,13-14H2,(H,31,33)(H,32,34)/t17-,18-. The highest BCUT2D eigenvalue weighted by atomic mass is 19.4. The molecule has 2 amide bonds. The van der Waals surface area contributed by atoms with Crippen LogP contribution in [0.15, 0.2) is 48.5 Å². The van der Waals surface area contributed by atoms with Crippen LogP contribution in [0.25, 0.3) is 0 Å². The molecule has 0 aromatic heterocycles. The Morgan fingerprint density at radius 3 is 1.22 bits per heavy atom. The second kappa shape index (κ2) is 11.5. The molecule has 196 valence electrons. The molecule has 2 N–H and O–H groups in total. The van der Waals surface area contributed by atoms with Gasteiger partial charge in [0.15, 0.2) is 13.2 Å². The average Bonchev–Trinajstić information content (AvgIpc) is 2.82. The van der Waals surface area contributed by atoms with Crippen molar-refractivity contribution in [3.8, 4) is 11.5 Å². The van der Waals surface area contributed by atoms with E-state index in [0.29, 0.717) is 25.7 Å². The quantitative estimate of drug-likeness (QED) is 0.496. The van der Waals surface area contributed by atoms with E-state index >= 15 is 0 Å². The molecule has 1 fully saturated rings. The molecule has 2 aromatic carbocycles. The summed E-state index contributed by atoms with van der Waals surface area (Å²) in [5.41, 5.74) is -1.62. The molecule has 1 aliphatic carbocycles. The minimum atomic E-state index is -4.45. The smallest absolute Gasteiger partial charge is 0.416 e. The number of hydrogen-bond acceptors (Lipinski definition) is 4. The fraction of sp³-hybridized carbons (Fsp3) is 0.417. The highest BCUT2D eigenvalue weighted by Gasteiger charge is 2.31. The topological polar surface area (TPSA) is 76.7 Å². The molecule has 2 aromatic rings. The van der Waals surface area contributed by atoms with E-state index in [-0.39, 0.29) is 36.8 Å². The molecular formula is C24H24F6N2O4. The Labute approximate surface area is 203 Å². The zero-order chi connectivity index (χ0) is 26.3. The number of ether oxygens (including phenoxy) is 2. The van der Waals surface area contributed by atoms with Gasteiger partial charge in [-0.15, -0.1) is 0 Å². The maximum absolute atomic E-state index is 12.6. The van der Waals surface area contributed by atoms with Gasteiger partial charge in [-0.05, 0) is 74.2 Å². The van der Waals surface area contributed by atoms with Crippen LogP contribution in [0.3, 0.4) is 0 Å². The lowest BCUT2D eigenvalue weighted by Gasteiger charge is -2.29. The first-order valence-electron chi connectivity index (χ1n) is 11.1. The third kappa shape index (κ3) is 8.35. The molecule has 3 rings (SSSR count). The fourth-order valence-electron chi connectivity index (χ4n) is 3.70. The molecular weight excluding hydrogens is 494 g/mol. The molecule has 12 heteroatoms. The van der Waals surface area contributed by atoms with E-state index in [0.717, 1.165) is 48.5 Å². The van der Waals surface area contributed by atoms with E-state index in [1.165, 1.54) is 0 Å². The van der Waals surface area contributed by atoms with Gasteiger partial charge >= 0.3 is 12.4 Å². The Morgan fingerprint density at radius 1 is 0.639 bits per heavy atom. The number of carbonyl (C=O) groups excluding carboxylic acids is 2. The summed E-state index contributed by atoms with van der Waals surface area (Å²) in [5.74, 6) is -0.536. The molecule has 0 heterocycles. The lowest BCUT2D eigenvalue weighted by Crippen LogP contribution is -2.45. The lowest BCUT2D eigenvalue weighted by molar-refractivity contribution is -0.138. The van der Waals surface area contributed by atoms with Crippen molar-refractivity contribution < 1.29 is 45.4 Å². The zero-order valence-corrected chi connectivity index (χ0v) is 18.9. The van der Waals surface area contributed by atoms with Crippen LogP contribution in [0.2, 0.25) is 0 Å². The van der Waals surface area contributed by atoms with Gasteiger partial charge in [-0.3, -0.25) is 9.59 Å². The number of nitrogens with one attached hydrogen (secondary N) is 2. The number of amides is 2. The van der Waals surface area contributed by atoms with Crippen molar-refractivity contribution in [3.05, 3.63) is 59.7 Å². The minimum Gasteiger partial charge on any atom is -0.484 e. The Morgan fingerprint density at radius 2 is 0.944 bits per heavy atom. The van der Waals surface area contributed by atoms with Gasteiger partial charge in [0, 0.05) is 12.1 Å². The van der Waals surface area contributed by atoms with Crippen molar-refractivity contribution in [2.24, 2.45) is 0 Å². The van der Waals surface area contributed by atoms with Gasteiger partial charge in [0.2, 0.25) is 0 Å². The predicted molar refractivity (Wildman–Crippen MR) is 116 cm³/mol. The van der Waals surface area contributed by atoms with E-state index in [1.807, 2.05) is 0 Å². The molecule has 0 bridgehead atoms. The summed E-state index contributed by atoms with van der Waals surface area (Å²) in [6, 6.07) is 7.80. The molecule has 6 nitrogen and oxygen atoms in total. The van der Waals surface area contributed by atoms with Gasteiger partial charge in [-0.25, -0.2) is 0 Å². The maximum Gasteiger partial charge on any atom is 0.416 e. The predicted octanol–water partition coefficient (Wildman–Crippen LogP) is 4.73. The van der Waals surface area contributed by atoms with E-state index in [4.69, 9.17) is 9.47 Å². The van der Waals surface area contributed by atoms with Crippen molar-refractivity contribution in [1.82, 2.24) is 10.6 Å². The normalized spacial score (nSPS) is 18.3. The number of halogens is 6. The van der Waals surface area contributed by atoms with E-state index in [1.54, 1.807) is 0 Å². The van der Waals surface area contributed by atoms with E-state index in [2.05, 4.69) is 10.6 Å². The van der Waals surface area contributed by atoms with Crippen LogP contribution in [0.5, 0.6) is 11.5 Å². The highest BCUT2D eigenvalue weighted by Crippen LogP contribution is 2.31. The van der Waals surface area contributed by atoms with Crippen molar-refractivity contribution in [2.75, 3.05) is 13.2 Å². The Bertz CT molecular complexity index is 931. The van der Waals surface area contributed by atoms with Crippen LogP contribution in [0, 0.1) is 0 Å². The third-order valence-corrected chi connectivity index (χ3v) is 5.56. The van der Waals surface area contributed by atoms with Crippen LogP contribution in [0.4, 0.5) is 26.3 Å². The number of benzene rings is 2. The van der Waals surface area contributed by atoms with Crippen molar-refractivity contribution in [2.45, 2.75) is 50.1 Å². The van der Waals surface area contributed by atoms with E-state index in [9.17, 15) is 35.9 Å². The molecule has 0 aliphatic heterocycles. The van der Waals surface area contributed by atoms with Crippen LogP contribution in [-0.2, 0) is 21.9 Å². The maximum atomic E-state index is 12.6.